The van der Waals surface area contributed by atoms with Gasteiger partial charge in [0, 0.05) is 6.04 Å². The van der Waals surface area contributed by atoms with Gasteiger partial charge in [-0.05, 0) is 12.8 Å². The number of anilines is 2. The van der Waals surface area contributed by atoms with Gasteiger partial charge in [-0.3, -0.25) is 0 Å². The summed E-state index contributed by atoms with van der Waals surface area (Å²) in [5.74, 6) is 0.724. The molecule has 0 aliphatic heterocycles. The minimum atomic E-state index is 0.130. The molecular weight excluding hydrogens is 206 g/mol. The molecule has 3 rings (SSSR count). The first-order chi connectivity index (χ1) is 7.78. The molecular formula is C9H9N7. The fourth-order valence-electron chi connectivity index (χ4n) is 1.49. The maximum Gasteiger partial charge on any atom is 0.240 e. The lowest BCUT2D eigenvalue weighted by Crippen LogP contribution is -2.10. The summed E-state index contributed by atoms with van der Waals surface area (Å²) >= 11 is 0. The van der Waals surface area contributed by atoms with Crippen molar-refractivity contribution in [2.75, 3.05) is 11.1 Å². The number of nitriles is 1. The van der Waals surface area contributed by atoms with E-state index < -0.39 is 0 Å². The van der Waals surface area contributed by atoms with E-state index in [-0.39, 0.29) is 5.95 Å². The van der Waals surface area contributed by atoms with Crippen LogP contribution in [0.3, 0.4) is 0 Å². The van der Waals surface area contributed by atoms with Crippen LogP contribution in [0.25, 0.3) is 5.65 Å². The molecule has 3 N–H and O–H groups in total. The molecule has 1 saturated carbocycles. The summed E-state index contributed by atoms with van der Waals surface area (Å²) in [6.45, 7) is 0. The third-order valence-corrected chi connectivity index (χ3v) is 2.41. The van der Waals surface area contributed by atoms with Crippen LogP contribution in [0.1, 0.15) is 18.5 Å². The number of hydrogen-bond acceptors (Lipinski definition) is 6. The van der Waals surface area contributed by atoms with Crippen molar-refractivity contribution in [2.24, 2.45) is 0 Å². The highest BCUT2D eigenvalue weighted by Crippen LogP contribution is 2.25. The Labute approximate surface area is 90.9 Å². The van der Waals surface area contributed by atoms with Crippen LogP contribution in [0.15, 0.2) is 6.20 Å². The molecule has 1 aliphatic rings. The van der Waals surface area contributed by atoms with Gasteiger partial charge < -0.3 is 11.1 Å². The van der Waals surface area contributed by atoms with Gasteiger partial charge >= 0.3 is 0 Å². The van der Waals surface area contributed by atoms with Crippen LogP contribution >= 0.6 is 0 Å². The average molecular weight is 215 g/mol. The summed E-state index contributed by atoms with van der Waals surface area (Å²) in [6, 6.07) is 2.44. The number of aromatic nitrogens is 4. The number of nitrogens with two attached hydrogens (primary N) is 1. The number of imidazole rings is 1. The van der Waals surface area contributed by atoms with Crippen molar-refractivity contribution in [3.8, 4) is 6.07 Å². The smallest absolute Gasteiger partial charge is 0.240 e. The van der Waals surface area contributed by atoms with E-state index in [2.05, 4.69) is 20.4 Å². The van der Waals surface area contributed by atoms with E-state index >= 15 is 0 Å². The van der Waals surface area contributed by atoms with Gasteiger partial charge in [0.15, 0.2) is 17.2 Å². The molecule has 0 spiro atoms. The minimum absolute atomic E-state index is 0.130. The second-order valence-corrected chi connectivity index (χ2v) is 3.73. The number of fused-ring (bicyclic) bond motifs is 1. The Morgan fingerprint density at radius 1 is 1.56 bits per heavy atom. The van der Waals surface area contributed by atoms with Gasteiger partial charge in [0.05, 0.1) is 6.20 Å². The van der Waals surface area contributed by atoms with Gasteiger partial charge in [0.1, 0.15) is 6.07 Å². The van der Waals surface area contributed by atoms with E-state index in [4.69, 9.17) is 11.0 Å². The second kappa shape index (κ2) is 3.06. The Bertz CT molecular complexity index is 590. The monoisotopic (exact) mass is 215 g/mol. The molecule has 2 aromatic rings. The largest absolute Gasteiger partial charge is 0.366 e. The molecule has 2 aromatic heterocycles. The first-order valence-corrected chi connectivity index (χ1v) is 4.96. The van der Waals surface area contributed by atoms with E-state index in [0.717, 1.165) is 12.8 Å². The molecule has 0 bridgehead atoms. The summed E-state index contributed by atoms with van der Waals surface area (Å²) in [7, 11) is 0. The minimum Gasteiger partial charge on any atom is -0.366 e. The van der Waals surface area contributed by atoms with Crippen molar-refractivity contribution in [2.45, 2.75) is 18.9 Å². The maximum absolute atomic E-state index is 8.87. The van der Waals surface area contributed by atoms with Crippen LogP contribution in [0.2, 0.25) is 0 Å². The molecule has 0 aromatic carbocycles. The first-order valence-electron chi connectivity index (χ1n) is 4.96. The summed E-state index contributed by atoms with van der Waals surface area (Å²) in [5.41, 5.74) is 6.47. The molecule has 0 radical (unpaired) electrons. The zero-order chi connectivity index (χ0) is 11.1. The highest BCUT2D eigenvalue weighted by molar-refractivity contribution is 5.65. The fraction of sp³-hybridized carbons (Fsp3) is 0.333. The van der Waals surface area contributed by atoms with E-state index in [1.54, 1.807) is 0 Å². The standard InChI is InChI=1S/C9H9N7/c10-3-6-4-12-8-7(13-5-1-2-5)14-9(11)15-16(6)8/h4-5H,1-2H2,(H3,11,13,14,15). The fourth-order valence-corrected chi connectivity index (χ4v) is 1.49. The van der Waals surface area contributed by atoms with Crippen molar-refractivity contribution < 1.29 is 0 Å². The SMILES string of the molecule is N#Cc1cnc2c(NC3CC3)nc(N)nn12. The molecule has 0 amide bonds. The molecule has 1 aliphatic carbocycles. The van der Waals surface area contributed by atoms with Crippen LogP contribution in [-0.2, 0) is 0 Å². The third-order valence-electron chi connectivity index (χ3n) is 2.41. The summed E-state index contributed by atoms with van der Waals surface area (Å²) in [6.07, 6.45) is 3.71. The zero-order valence-electron chi connectivity index (χ0n) is 8.38. The molecule has 0 saturated heterocycles. The lowest BCUT2D eigenvalue weighted by atomic mass is 10.5. The van der Waals surface area contributed by atoms with E-state index in [9.17, 15) is 0 Å². The Hall–Kier alpha value is -2.36. The highest BCUT2D eigenvalue weighted by Gasteiger charge is 2.23. The second-order valence-electron chi connectivity index (χ2n) is 3.73. The summed E-state index contributed by atoms with van der Waals surface area (Å²) in [5, 5.41) is 16.0. The van der Waals surface area contributed by atoms with E-state index in [1.165, 1.54) is 10.7 Å². The normalized spacial score (nSPS) is 14.9. The summed E-state index contributed by atoms with van der Waals surface area (Å²) < 4.78 is 1.41. The molecule has 16 heavy (non-hydrogen) atoms. The van der Waals surface area contributed by atoms with Crippen molar-refractivity contribution in [3.05, 3.63) is 11.9 Å². The van der Waals surface area contributed by atoms with Gasteiger partial charge in [-0.2, -0.15) is 14.8 Å². The third kappa shape index (κ3) is 1.32. The average Bonchev–Trinajstić information content (AvgIpc) is 2.96. The Balaban J connectivity index is 2.18. The number of rotatable bonds is 2. The molecule has 0 atom stereocenters. The van der Waals surface area contributed by atoms with Crippen LogP contribution in [0.5, 0.6) is 0 Å². The molecule has 0 unspecified atom stereocenters. The molecule has 1 fully saturated rings. The molecule has 80 valence electrons. The van der Waals surface area contributed by atoms with Crippen molar-refractivity contribution >= 4 is 17.4 Å². The highest BCUT2D eigenvalue weighted by atomic mass is 15.3. The lowest BCUT2D eigenvalue weighted by molar-refractivity contribution is 0.895. The van der Waals surface area contributed by atoms with Crippen LogP contribution in [-0.4, -0.2) is 25.6 Å². The predicted molar refractivity (Wildman–Crippen MR) is 56.6 cm³/mol. The summed E-state index contributed by atoms with van der Waals surface area (Å²) in [4.78, 5) is 8.20. The number of nitrogen functional groups attached to an aromatic ring is 1. The Morgan fingerprint density at radius 3 is 3.06 bits per heavy atom. The van der Waals surface area contributed by atoms with Crippen LogP contribution in [0.4, 0.5) is 11.8 Å². The molecule has 7 heteroatoms. The maximum atomic E-state index is 8.87. The first kappa shape index (κ1) is 8.91. The van der Waals surface area contributed by atoms with Gasteiger partial charge in [0.25, 0.3) is 0 Å². The Kier molecular flexibility index (Phi) is 1.71. The number of nitrogens with zero attached hydrogens (tertiary/aromatic N) is 5. The van der Waals surface area contributed by atoms with E-state index in [1.807, 2.05) is 6.07 Å². The van der Waals surface area contributed by atoms with Crippen LogP contribution < -0.4 is 11.1 Å². The van der Waals surface area contributed by atoms with Gasteiger partial charge in [-0.25, -0.2) is 4.98 Å². The lowest BCUT2D eigenvalue weighted by Gasteiger charge is -2.05. The molecule has 2 heterocycles. The zero-order valence-corrected chi connectivity index (χ0v) is 8.38. The van der Waals surface area contributed by atoms with Crippen molar-refractivity contribution in [1.82, 2.24) is 19.6 Å². The van der Waals surface area contributed by atoms with Gasteiger partial charge in [0.2, 0.25) is 5.95 Å². The van der Waals surface area contributed by atoms with E-state index in [0.29, 0.717) is 23.2 Å². The topological polar surface area (TPSA) is 105 Å². The van der Waals surface area contributed by atoms with Crippen molar-refractivity contribution in [1.29, 1.82) is 5.26 Å². The van der Waals surface area contributed by atoms with Crippen LogP contribution in [0, 0.1) is 11.3 Å². The number of hydrogen-bond donors (Lipinski definition) is 2. The quantitative estimate of drug-likeness (QED) is 0.738. The molecule has 7 nitrogen and oxygen atoms in total. The van der Waals surface area contributed by atoms with Crippen molar-refractivity contribution in [3.63, 3.8) is 0 Å². The Morgan fingerprint density at radius 2 is 2.38 bits per heavy atom. The van der Waals surface area contributed by atoms with Gasteiger partial charge in [-0.15, -0.1) is 5.10 Å². The number of nitrogens with one attached hydrogen (secondary N) is 1. The van der Waals surface area contributed by atoms with Gasteiger partial charge in [-0.1, -0.05) is 0 Å². The predicted octanol–water partition coefficient (Wildman–Crippen LogP) is 0.152.